The quantitative estimate of drug-likeness (QED) is 0.705. The summed E-state index contributed by atoms with van der Waals surface area (Å²) >= 11 is 1.79. The van der Waals surface area contributed by atoms with E-state index in [9.17, 15) is 4.79 Å². The van der Waals surface area contributed by atoms with Gasteiger partial charge in [-0.25, -0.2) is 9.97 Å². The highest BCUT2D eigenvalue weighted by atomic mass is 32.1. The minimum absolute atomic E-state index is 0.0571. The van der Waals surface area contributed by atoms with Crippen LogP contribution in [0.25, 0.3) is 11.2 Å². The molecule has 0 atom stereocenters. The summed E-state index contributed by atoms with van der Waals surface area (Å²) in [4.78, 5) is 25.3. The highest BCUT2D eigenvalue weighted by molar-refractivity contribution is 7.10. The summed E-state index contributed by atoms with van der Waals surface area (Å²) in [6.07, 6.45) is 9.52. The Balaban J connectivity index is 1.42. The van der Waals surface area contributed by atoms with E-state index in [1.54, 1.807) is 17.5 Å². The lowest BCUT2D eigenvalue weighted by atomic mass is 10.1. The zero-order valence-electron chi connectivity index (χ0n) is 14.0. The van der Waals surface area contributed by atoms with E-state index in [-0.39, 0.29) is 5.91 Å². The smallest absolute Gasteiger partial charge is 0.255 e. The summed E-state index contributed by atoms with van der Waals surface area (Å²) < 4.78 is 2.19. The number of carbonyl (C=O) groups is 1. The molecule has 3 aromatic heterocycles. The summed E-state index contributed by atoms with van der Waals surface area (Å²) in [7, 11) is 0. The van der Waals surface area contributed by atoms with Crippen molar-refractivity contribution >= 4 is 28.4 Å². The van der Waals surface area contributed by atoms with Crippen molar-refractivity contribution in [2.24, 2.45) is 0 Å². The van der Waals surface area contributed by atoms with Crippen LogP contribution in [0.2, 0.25) is 0 Å². The number of fused-ring (bicyclic) bond motifs is 2. The van der Waals surface area contributed by atoms with Crippen LogP contribution in [0.4, 0.5) is 0 Å². The van der Waals surface area contributed by atoms with Gasteiger partial charge < -0.3 is 9.47 Å². The third-order valence-electron chi connectivity index (χ3n) is 5.47. The number of pyridine rings is 1. The summed E-state index contributed by atoms with van der Waals surface area (Å²) in [6, 6.07) is 4.54. The van der Waals surface area contributed by atoms with Gasteiger partial charge in [0.05, 0.1) is 11.9 Å². The van der Waals surface area contributed by atoms with Crippen molar-refractivity contribution in [1.82, 2.24) is 19.4 Å². The van der Waals surface area contributed by atoms with E-state index in [2.05, 4.69) is 26.0 Å². The van der Waals surface area contributed by atoms with Crippen LogP contribution in [-0.4, -0.2) is 31.9 Å². The fourth-order valence-corrected chi connectivity index (χ4v) is 4.98. The molecule has 2 aliphatic rings. The summed E-state index contributed by atoms with van der Waals surface area (Å²) in [5.41, 5.74) is 3.65. The van der Waals surface area contributed by atoms with Crippen molar-refractivity contribution in [2.45, 2.75) is 44.7 Å². The average molecular weight is 352 g/mol. The first-order valence-corrected chi connectivity index (χ1v) is 9.84. The van der Waals surface area contributed by atoms with Gasteiger partial charge in [-0.3, -0.25) is 4.79 Å². The van der Waals surface area contributed by atoms with Crippen molar-refractivity contribution in [1.29, 1.82) is 0 Å². The Kier molecular flexibility index (Phi) is 3.59. The zero-order valence-corrected chi connectivity index (χ0v) is 14.8. The van der Waals surface area contributed by atoms with E-state index in [0.29, 0.717) is 18.2 Å². The van der Waals surface area contributed by atoms with Crippen LogP contribution >= 0.6 is 11.3 Å². The molecule has 1 aliphatic carbocycles. The van der Waals surface area contributed by atoms with Crippen LogP contribution in [0, 0.1) is 0 Å². The minimum Gasteiger partial charge on any atom is -0.334 e. The first-order chi connectivity index (χ1) is 12.3. The molecule has 1 fully saturated rings. The molecule has 1 aliphatic heterocycles. The number of aromatic nitrogens is 3. The standard InChI is InChI=1S/C19H20N4OS/c24-19(22-7-5-17-13(11-22)6-8-25-17)14-9-16-18(20-10-14)23(12-21-16)15-3-1-2-4-15/h6,8-10,12,15H,1-5,7,11H2. The lowest BCUT2D eigenvalue weighted by Gasteiger charge is -2.27. The molecule has 0 saturated heterocycles. The fourth-order valence-electron chi connectivity index (χ4n) is 4.09. The highest BCUT2D eigenvalue weighted by Gasteiger charge is 2.24. The number of carbonyl (C=O) groups excluding carboxylic acids is 1. The van der Waals surface area contributed by atoms with Crippen LogP contribution in [0.5, 0.6) is 0 Å². The first kappa shape index (κ1) is 15.1. The first-order valence-electron chi connectivity index (χ1n) is 8.97. The molecule has 6 heteroatoms. The van der Waals surface area contributed by atoms with Gasteiger partial charge in [0.2, 0.25) is 0 Å². The topological polar surface area (TPSA) is 51.0 Å². The number of hydrogen-bond donors (Lipinski definition) is 0. The van der Waals surface area contributed by atoms with Gasteiger partial charge in [0.25, 0.3) is 5.91 Å². The Labute approximate surface area is 150 Å². The summed E-state index contributed by atoms with van der Waals surface area (Å²) in [5.74, 6) is 0.0571. The van der Waals surface area contributed by atoms with Gasteiger partial charge >= 0.3 is 0 Å². The monoisotopic (exact) mass is 352 g/mol. The number of thiophene rings is 1. The number of amides is 1. The van der Waals surface area contributed by atoms with Crippen LogP contribution in [-0.2, 0) is 13.0 Å². The van der Waals surface area contributed by atoms with Gasteiger partial charge in [-0.2, -0.15) is 0 Å². The van der Waals surface area contributed by atoms with Crippen LogP contribution in [0.3, 0.4) is 0 Å². The molecule has 4 heterocycles. The van der Waals surface area contributed by atoms with E-state index >= 15 is 0 Å². The maximum atomic E-state index is 12.9. The maximum absolute atomic E-state index is 12.9. The second-order valence-corrected chi connectivity index (χ2v) is 8.00. The van der Waals surface area contributed by atoms with Gasteiger partial charge in [0.15, 0.2) is 5.65 Å². The zero-order chi connectivity index (χ0) is 16.8. The molecule has 1 saturated carbocycles. The Bertz CT molecular complexity index is 938. The Morgan fingerprint density at radius 3 is 3.00 bits per heavy atom. The summed E-state index contributed by atoms with van der Waals surface area (Å²) in [5, 5.41) is 2.11. The largest absolute Gasteiger partial charge is 0.334 e. The van der Waals surface area contributed by atoms with Crippen molar-refractivity contribution in [3.8, 4) is 0 Å². The van der Waals surface area contributed by atoms with E-state index in [1.165, 1.54) is 36.1 Å². The number of hydrogen-bond acceptors (Lipinski definition) is 4. The molecule has 0 spiro atoms. The normalized spacial score (nSPS) is 18.0. The van der Waals surface area contributed by atoms with Gasteiger partial charge in [0.1, 0.15) is 5.52 Å². The molecule has 0 unspecified atom stereocenters. The van der Waals surface area contributed by atoms with E-state index < -0.39 is 0 Å². The molecular formula is C19H20N4OS. The number of rotatable bonds is 2. The molecule has 3 aromatic rings. The van der Waals surface area contributed by atoms with Crippen molar-refractivity contribution in [3.05, 3.63) is 46.0 Å². The second-order valence-electron chi connectivity index (χ2n) is 7.00. The lowest BCUT2D eigenvalue weighted by molar-refractivity contribution is 0.0735. The fraction of sp³-hybridized carbons (Fsp3) is 0.421. The van der Waals surface area contributed by atoms with E-state index in [0.717, 1.165) is 24.1 Å². The lowest BCUT2D eigenvalue weighted by Crippen LogP contribution is -2.35. The van der Waals surface area contributed by atoms with E-state index in [1.807, 2.05) is 17.3 Å². The third kappa shape index (κ3) is 2.56. The number of imidazole rings is 1. The SMILES string of the molecule is O=C(c1cnc2c(c1)ncn2C1CCCC1)N1CCc2sccc2C1. The molecule has 5 nitrogen and oxygen atoms in total. The Morgan fingerprint density at radius 2 is 2.12 bits per heavy atom. The van der Waals surface area contributed by atoms with Gasteiger partial charge in [-0.1, -0.05) is 12.8 Å². The highest BCUT2D eigenvalue weighted by Crippen LogP contribution is 2.31. The molecule has 1 amide bonds. The molecule has 25 heavy (non-hydrogen) atoms. The molecule has 0 bridgehead atoms. The molecule has 5 rings (SSSR count). The van der Waals surface area contributed by atoms with Gasteiger partial charge in [-0.15, -0.1) is 11.3 Å². The van der Waals surface area contributed by atoms with Crippen LogP contribution < -0.4 is 0 Å². The molecule has 0 radical (unpaired) electrons. The second kappa shape index (κ2) is 5.95. The Morgan fingerprint density at radius 1 is 1.24 bits per heavy atom. The predicted molar refractivity (Wildman–Crippen MR) is 97.8 cm³/mol. The molecular weight excluding hydrogens is 332 g/mol. The van der Waals surface area contributed by atoms with Crippen LogP contribution in [0.15, 0.2) is 30.0 Å². The Hall–Kier alpha value is -2.21. The van der Waals surface area contributed by atoms with Crippen molar-refractivity contribution < 1.29 is 4.79 Å². The van der Waals surface area contributed by atoms with Crippen molar-refractivity contribution in [3.63, 3.8) is 0 Å². The van der Waals surface area contributed by atoms with E-state index in [4.69, 9.17) is 0 Å². The summed E-state index contributed by atoms with van der Waals surface area (Å²) in [6.45, 7) is 1.48. The van der Waals surface area contributed by atoms with Crippen LogP contribution in [0.1, 0.15) is 52.5 Å². The molecule has 0 N–H and O–H groups in total. The predicted octanol–water partition coefficient (Wildman–Crippen LogP) is 3.81. The molecule has 0 aromatic carbocycles. The average Bonchev–Trinajstić information content (AvgIpc) is 3.38. The molecule has 128 valence electrons. The number of nitrogens with zero attached hydrogens (tertiary/aromatic N) is 4. The third-order valence-corrected chi connectivity index (χ3v) is 6.50. The van der Waals surface area contributed by atoms with Gasteiger partial charge in [0, 0.05) is 30.2 Å². The van der Waals surface area contributed by atoms with Crippen molar-refractivity contribution in [2.75, 3.05) is 6.54 Å². The van der Waals surface area contributed by atoms with Gasteiger partial charge in [-0.05, 0) is 42.3 Å². The minimum atomic E-state index is 0.0571. The maximum Gasteiger partial charge on any atom is 0.255 e.